The number of hydrogen-bond acceptors (Lipinski definition) is 6. The van der Waals surface area contributed by atoms with E-state index in [0.717, 1.165) is 42.9 Å². The Morgan fingerprint density at radius 2 is 1.85 bits per heavy atom. The number of rotatable bonds is 9. The number of benzene rings is 2. The molecule has 0 saturated carbocycles. The van der Waals surface area contributed by atoms with Crippen LogP contribution in [0, 0.1) is 0 Å². The minimum Gasteiger partial charge on any atom is -0.484 e. The summed E-state index contributed by atoms with van der Waals surface area (Å²) in [5.41, 5.74) is 3.29. The van der Waals surface area contributed by atoms with Gasteiger partial charge in [-0.3, -0.25) is 13.9 Å². The summed E-state index contributed by atoms with van der Waals surface area (Å²) < 4.78 is 30.8. The Bertz CT molecular complexity index is 1130. The maximum atomic E-state index is 12.3. The monoisotopic (exact) mass is 506 g/mol. The van der Waals surface area contributed by atoms with Crippen molar-refractivity contribution < 1.29 is 22.7 Å². The fourth-order valence-electron chi connectivity index (χ4n) is 3.41. The first-order valence-electron chi connectivity index (χ1n) is 10.8. The van der Waals surface area contributed by atoms with Gasteiger partial charge in [0.1, 0.15) is 12.3 Å². The Kier molecular flexibility index (Phi) is 8.89. The van der Waals surface area contributed by atoms with Crippen LogP contribution in [0.25, 0.3) is 0 Å². The predicted molar refractivity (Wildman–Crippen MR) is 132 cm³/mol. The number of hydrazone groups is 1. The second kappa shape index (κ2) is 11.8. The molecule has 0 atom stereocenters. The van der Waals surface area contributed by atoms with E-state index in [-0.39, 0.29) is 18.2 Å². The fraction of sp³-hybridized carbons (Fsp3) is 0.348. The van der Waals surface area contributed by atoms with Crippen LogP contribution in [-0.2, 0) is 19.6 Å². The zero-order valence-electron chi connectivity index (χ0n) is 18.8. The number of sulfonamides is 1. The second-order valence-corrected chi connectivity index (χ2v) is 10.2. The SMILES string of the molecule is CS(=O)(=O)N(CC(=O)N/N=C\c1ccc(OCC(=O)N2CCCCC2)cc1)c1cccc(Cl)c1. The molecule has 0 spiro atoms. The highest BCUT2D eigenvalue weighted by molar-refractivity contribution is 7.92. The maximum Gasteiger partial charge on any atom is 0.260 e. The molecular formula is C23H27ClN4O5S. The first-order chi connectivity index (χ1) is 16.2. The molecule has 0 unspecified atom stereocenters. The van der Waals surface area contributed by atoms with Crippen LogP contribution < -0.4 is 14.5 Å². The number of halogens is 1. The van der Waals surface area contributed by atoms with Crippen molar-refractivity contribution in [3.63, 3.8) is 0 Å². The third-order valence-electron chi connectivity index (χ3n) is 5.14. The highest BCUT2D eigenvalue weighted by atomic mass is 35.5. The summed E-state index contributed by atoms with van der Waals surface area (Å²) in [6.45, 7) is 1.11. The van der Waals surface area contributed by atoms with Gasteiger partial charge >= 0.3 is 0 Å². The van der Waals surface area contributed by atoms with Gasteiger partial charge in [0.15, 0.2) is 6.61 Å². The molecule has 0 radical (unpaired) electrons. The van der Waals surface area contributed by atoms with Crippen molar-refractivity contribution >= 4 is 45.3 Å². The summed E-state index contributed by atoms with van der Waals surface area (Å²) in [6.07, 6.45) is 5.65. The molecule has 2 amide bonds. The van der Waals surface area contributed by atoms with E-state index in [9.17, 15) is 18.0 Å². The van der Waals surface area contributed by atoms with Crippen molar-refractivity contribution in [2.45, 2.75) is 19.3 Å². The third kappa shape index (κ3) is 7.74. The van der Waals surface area contributed by atoms with Crippen molar-refractivity contribution in [2.75, 3.05) is 36.8 Å². The zero-order valence-corrected chi connectivity index (χ0v) is 20.4. The van der Waals surface area contributed by atoms with Crippen LogP contribution in [0.3, 0.4) is 0 Å². The van der Waals surface area contributed by atoms with Crippen LogP contribution in [-0.4, -0.2) is 63.8 Å². The Morgan fingerprint density at radius 1 is 1.15 bits per heavy atom. The topological polar surface area (TPSA) is 108 Å². The van der Waals surface area contributed by atoms with E-state index in [0.29, 0.717) is 16.3 Å². The number of piperidine rings is 1. The van der Waals surface area contributed by atoms with Crippen molar-refractivity contribution in [3.8, 4) is 5.75 Å². The largest absolute Gasteiger partial charge is 0.484 e. The molecule has 2 aromatic carbocycles. The molecule has 182 valence electrons. The van der Waals surface area contributed by atoms with Gasteiger partial charge in [-0.2, -0.15) is 5.10 Å². The Morgan fingerprint density at radius 3 is 2.50 bits per heavy atom. The van der Waals surface area contributed by atoms with Crippen LogP contribution in [0.5, 0.6) is 5.75 Å². The molecule has 1 aliphatic rings. The maximum absolute atomic E-state index is 12.3. The molecule has 3 rings (SSSR count). The van der Waals surface area contributed by atoms with E-state index in [4.69, 9.17) is 16.3 Å². The Labute approximate surface area is 204 Å². The summed E-state index contributed by atoms with van der Waals surface area (Å²) in [4.78, 5) is 26.3. The molecule has 1 N–H and O–H groups in total. The second-order valence-electron chi connectivity index (χ2n) is 7.84. The molecule has 1 fully saturated rings. The molecule has 1 saturated heterocycles. The molecule has 0 aliphatic carbocycles. The Balaban J connectivity index is 1.50. The molecule has 0 aromatic heterocycles. The smallest absolute Gasteiger partial charge is 0.260 e. The van der Waals surface area contributed by atoms with E-state index < -0.39 is 22.5 Å². The summed E-state index contributed by atoms with van der Waals surface area (Å²) in [6, 6.07) is 13.1. The molecule has 34 heavy (non-hydrogen) atoms. The predicted octanol–water partition coefficient (Wildman–Crippen LogP) is 2.65. The van der Waals surface area contributed by atoms with Gasteiger partial charge in [-0.05, 0) is 67.3 Å². The van der Waals surface area contributed by atoms with E-state index in [1.54, 1.807) is 42.5 Å². The Hall–Kier alpha value is -3.11. The lowest BCUT2D eigenvalue weighted by molar-refractivity contribution is -0.134. The number of likely N-dealkylation sites (tertiary alicyclic amines) is 1. The number of nitrogens with one attached hydrogen (secondary N) is 1. The molecule has 0 bridgehead atoms. The van der Waals surface area contributed by atoms with Gasteiger partial charge in [0, 0.05) is 18.1 Å². The lowest BCUT2D eigenvalue weighted by Gasteiger charge is -2.26. The fourth-order valence-corrected chi connectivity index (χ4v) is 4.44. The first kappa shape index (κ1) is 25.5. The highest BCUT2D eigenvalue weighted by Gasteiger charge is 2.21. The van der Waals surface area contributed by atoms with Gasteiger partial charge < -0.3 is 9.64 Å². The highest BCUT2D eigenvalue weighted by Crippen LogP contribution is 2.21. The van der Waals surface area contributed by atoms with Crippen molar-refractivity contribution in [2.24, 2.45) is 5.10 Å². The van der Waals surface area contributed by atoms with Crippen molar-refractivity contribution in [1.29, 1.82) is 0 Å². The standard InChI is InChI=1S/C23H27ClN4O5S/c1-34(31,32)28(20-7-5-6-19(24)14-20)16-22(29)26-25-15-18-8-10-21(11-9-18)33-17-23(30)27-12-3-2-4-13-27/h5-11,14-15H,2-4,12-13,16-17H2,1H3,(H,26,29)/b25-15-. The van der Waals surface area contributed by atoms with Crippen LogP contribution in [0.4, 0.5) is 5.69 Å². The van der Waals surface area contributed by atoms with Crippen molar-refractivity contribution in [1.82, 2.24) is 10.3 Å². The number of amides is 2. The van der Waals surface area contributed by atoms with Crippen LogP contribution in [0.2, 0.25) is 5.02 Å². The molecule has 11 heteroatoms. The van der Waals surface area contributed by atoms with Gasteiger partial charge in [-0.25, -0.2) is 13.8 Å². The van der Waals surface area contributed by atoms with Crippen LogP contribution >= 0.6 is 11.6 Å². The van der Waals surface area contributed by atoms with Crippen LogP contribution in [0.15, 0.2) is 53.6 Å². The molecular weight excluding hydrogens is 480 g/mol. The number of hydrogen-bond donors (Lipinski definition) is 1. The van der Waals surface area contributed by atoms with Gasteiger partial charge in [0.2, 0.25) is 10.0 Å². The summed E-state index contributed by atoms with van der Waals surface area (Å²) >= 11 is 5.94. The minimum absolute atomic E-state index is 0.00699. The van der Waals surface area contributed by atoms with E-state index in [1.807, 2.05) is 4.90 Å². The number of carbonyl (C=O) groups is 2. The quantitative estimate of drug-likeness (QED) is 0.415. The summed E-state index contributed by atoms with van der Waals surface area (Å²) in [5.74, 6) is -0.0800. The average Bonchev–Trinajstić information content (AvgIpc) is 2.81. The molecule has 9 nitrogen and oxygen atoms in total. The van der Waals surface area contributed by atoms with Crippen LogP contribution in [0.1, 0.15) is 24.8 Å². The van der Waals surface area contributed by atoms with Gasteiger partial charge in [-0.1, -0.05) is 17.7 Å². The van der Waals surface area contributed by atoms with E-state index >= 15 is 0 Å². The summed E-state index contributed by atoms with van der Waals surface area (Å²) in [7, 11) is -3.71. The number of ether oxygens (including phenoxy) is 1. The van der Waals surface area contributed by atoms with Gasteiger partial charge in [-0.15, -0.1) is 0 Å². The minimum atomic E-state index is -3.71. The molecule has 1 heterocycles. The zero-order chi connectivity index (χ0) is 24.6. The van der Waals surface area contributed by atoms with Gasteiger partial charge in [0.05, 0.1) is 18.2 Å². The lowest BCUT2D eigenvalue weighted by atomic mass is 10.1. The first-order valence-corrected chi connectivity index (χ1v) is 13.0. The van der Waals surface area contributed by atoms with Crippen molar-refractivity contribution in [3.05, 3.63) is 59.1 Å². The number of carbonyl (C=O) groups excluding carboxylic acids is 2. The van der Waals surface area contributed by atoms with Gasteiger partial charge in [0.25, 0.3) is 11.8 Å². The number of anilines is 1. The third-order valence-corrected chi connectivity index (χ3v) is 6.51. The summed E-state index contributed by atoms with van der Waals surface area (Å²) in [5, 5.41) is 4.23. The molecule has 1 aliphatic heterocycles. The lowest BCUT2D eigenvalue weighted by Crippen LogP contribution is -2.39. The average molecular weight is 507 g/mol. The van der Waals surface area contributed by atoms with E-state index in [2.05, 4.69) is 10.5 Å². The molecule has 2 aromatic rings. The number of nitrogens with zero attached hydrogens (tertiary/aromatic N) is 3. The normalized spacial score (nSPS) is 14.1. The van der Waals surface area contributed by atoms with E-state index in [1.165, 1.54) is 12.3 Å².